The third-order valence-corrected chi connectivity index (χ3v) is 14.1. The monoisotopic (exact) mass is 1030 g/mol. The molecule has 0 aromatic heterocycles. The van der Waals surface area contributed by atoms with Crippen LogP contribution >= 0.6 is 24.8 Å². The van der Waals surface area contributed by atoms with Crippen LogP contribution in [0.25, 0.3) is 11.5 Å². The number of halogens is 2. The predicted molar refractivity (Wildman–Crippen MR) is 252 cm³/mol. The number of anilines is 1. The zero-order chi connectivity index (χ0) is 49.3. The van der Waals surface area contributed by atoms with Crippen LogP contribution in [0.4, 0.5) is 5.69 Å². The molecule has 70 heavy (non-hydrogen) atoms. The third-order valence-electron chi connectivity index (χ3n) is 14.1. The smallest absolute Gasteiger partial charge is 0.255 e. The number of ketones is 4. The number of phenols is 2. The molecule has 2 saturated carbocycles. The van der Waals surface area contributed by atoms with Gasteiger partial charge >= 0.3 is 0 Å². The number of rotatable bonds is 5. The van der Waals surface area contributed by atoms with Crippen molar-refractivity contribution in [3.05, 3.63) is 86.4 Å². The fourth-order valence-electron chi connectivity index (χ4n) is 11.2. The van der Waals surface area contributed by atoms with Crippen LogP contribution in [0.15, 0.2) is 64.1 Å². The van der Waals surface area contributed by atoms with E-state index in [-0.39, 0.29) is 76.6 Å². The molecule has 2 aromatic rings. The lowest BCUT2D eigenvalue weighted by Gasteiger charge is -2.55. The number of amides is 2. The summed E-state index contributed by atoms with van der Waals surface area (Å²) in [6.45, 7) is 1.25. The number of benzene rings is 2. The molecule has 0 aliphatic heterocycles. The van der Waals surface area contributed by atoms with E-state index >= 15 is 0 Å². The number of fused-ring (bicyclic) bond motifs is 6. The number of likely N-dealkylation sites (N-methyl/N-ethyl adjacent to an activating group) is 2. The average molecular weight is 1030 g/mol. The Morgan fingerprint density at radius 1 is 0.671 bits per heavy atom. The summed E-state index contributed by atoms with van der Waals surface area (Å²) in [5.74, 6) is -16.2. The van der Waals surface area contributed by atoms with Gasteiger partial charge in [0.2, 0.25) is 11.6 Å². The maximum absolute atomic E-state index is 13.7. The number of carbonyl (C=O) groups excluding carboxylic acids is 6. The highest BCUT2D eigenvalue weighted by Crippen LogP contribution is 2.58. The van der Waals surface area contributed by atoms with Gasteiger partial charge < -0.3 is 78.4 Å². The Hall–Kier alpha value is -6.12. The van der Waals surface area contributed by atoms with Crippen LogP contribution in [0.2, 0.25) is 0 Å². The van der Waals surface area contributed by atoms with Gasteiger partial charge in [-0.05, 0) is 83.2 Å². The Labute approximate surface area is 411 Å². The zero-order valence-corrected chi connectivity index (χ0v) is 40.2. The summed E-state index contributed by atoms with van der Waals surface area (Å²) in [7, 11) is 9.55. The maximum Gasteiger partial charge on any atom is 0.255 e. The highest BCUT2D eigenvalue weighted by molar-refractivity contribution is 6.25. The Kier molecular flexibility index (Phi) is 16.0. The van der Waals surface area contributed by atoms with Crippen LogP contribution in [0, 0.1) is 23.7 Å². The molecule has 6 aliphatic rings. The molecule has 384 valence electrons. The van der Waals surface area contributed by atoms with E-state index in [1.807, 2.05) is 19.0 Å². The van der Waals surface area contributed by atoms with Crippen molar-refractivity contribution in [2.24, 2.45) is 35.1 Å². The van der Waals surface area contributed by atoms with Crippen molar-refractivity contribution in [1.29, 1.82) is 0 Å². The van der Waals surface area contributed by atoms with Gasteiger partial charge in [0.1, 0.15) is 45.7 Å². The molecule has 6 aliphatic carbocycles. The number of phenolic OH excluding ortho intramolecular Hbond substituents is 2. The number of aromatic hydroxyl groups is 2. The molecule has 18 N–H and O–H groups in total. The minimum Gasteiger partial charge on any atom is -0.508 e. The molecular weight excluding hydrogens is 969 g/mol. The molecule has 10 atom stereocenters. The second-order valence-corrected chi connectivity index (χ2v) is 18.4. The van der Waals surface area contributed by atoms with Gasteiger partial charge in [0.25, 0.3) is 11.8 Å². The Bertz CT molecular complexity index is 2730. The third kappa shape index (κ3) is 7.67. The van der Waals surface area contributed by atoms with Crippen molar-refractivity contribution >= 4 is 77.0 Å². The van der Waals surface area contributed by atoms with Crippen molar-refractivity contribution < 1.29 is 90.8 Å². The fourth-order valence-corrected chi connectivity index (χ4v) is 11.2. The van der Waals surface area contributed by atoms with Gasteiger partial charge in [-0.2, -0.15) is 0 Å². The molecule has 25 heteroatoms. The number of aliphatic hydroxyl groups excluding tert-OH is 5. The standard InChI is InChI=1S/C23H27N3O7.C22H24N2O9.2ClH.2H2O/c1-25(2)12-5-6-13(27)15-10(12)7-9-8-11-17(26(3)4)19(29)16(22(24)32)21(31)23(11,33)20(30)14(9)18(15)28;1-21(32)7-5-4-6-8(25)9(7)15(26)10-12(21)17(28)13-14(24(2)3)16(27)11(20(23)31)19(30)22(13,33)18(10)29;;;;/h5-6,9,11,17,27-28,31,33H,7-8H2,1-4H3,(H2,24,32);4-6,12-14,17,25-26,28,30,32-33H,1-3H3,(H2,23,31);2*1H;2*1H2/t9-,11-,17-,23-;12-,13-,14+,17+,21-,22+;;;;/m01..../s1. The number of hydrogen-bond acceptors (Lipinski definition) is 19. The van der Waals surface area contributed by atoms with Gasteiger partial charge in [0, 0.05) is 31.3 Å². The van der Waals surface area contributed by atoms with Crippen LogP contribution < -0.4 is 16.4 Å². The van der Waals surface area contributed by atoms with Crippen LogP contribution in [0.5, 0.6) is 11.5 Å². The van der Waals surface area contributed by atoms with Crippen molar-refractivity contribution in [3.63, 3.8) is 0 Å². The first-order valence-electron chi connectivity index (χ1n) is 20.6. The van der Waals surface area contributed by atoms with Gasteiger partial charge in [-0.25, -0.2) is 0 Å². The first kappa shape index (κ1) is 58.2. The second-order valence-electron chi connectivity index (χ2n) is 18.4. The van der Waals surface area contributed by atoms with Crippen LogP contribution in [0.3, 0.4) is 0 Å². The van der Waals surface area contributed by atoms with E-state index in [1.165, 1.54) is 55.1 Å². The number of hydrogen-bond donors (Lipinski definition) is 12. The van der Waals surface area contributed by atoms with Gasteiger partial charge in [-0.1, -0.05) is 12.1 Å². The lowest BCUT2D eigenvalue weighted by atomic mass is 9.53. The summed E-state index contributed by atoms with van der Waals surface area (Å²) < 4.78 is 0. The molecule has 0 saturated heterocycles. The summed E-state index contributed by atoms with van der Waals surface area (Å²) >= 11 is 0. The van der Waals surface area contributed by atoms with Crippen LogP contribution in [0.1, 0.15) is 35.6 Å². The number of nitrogens with two attached hydrogens (primary N) is 2. The SMILES string of the molecule is CN(C)[C@@H]1C(=O)C(C(N)=O)=C(O)[C@@]2(O)C(=O)C3=C(O)c4c(O)cccc4[C@@](C)(O)[C@H]3[C@H](O)[C@@H]12.CN(C)c1ccc(O)c2c1C[C@H]1C[C@H]3[C@H](N(C)C)C(=O)C(C(N)=O)=C(O)[C@@]3(O)C(=O)C1=C2O.Cl.Cl.O.O. The maximum atomic E-state index is 13.7. The minimum absolute atomic E-state index is 0. The van der Waals surface area contributed by atoms with E-state index in [1.54, 1.807) is 20.2 Å². The molecule has 23 nitrogen and oxygen atoms in total. The number of primary amides is 2. The van der Waals surface area contributed by atoms with Crippen molar-refractivity contribution in [2.45, 2.75) is 54.8 Å². The Morgan fingerprint density at radius 2 is 1.14 bits per heavy atom. The largest absolute Gasteiger partial charge is 0.508 e. The Balaban J connectivity index is 0.000000350. The first-order chi connectivity index (χ1) is 30.5. The molecule has 2 fully saturated rings. The quantitative estimate of drug-likeness (QED) is 0.142. The molecule has 0 radical (unpaired) electrons. The number of carbonyl (C=O) groups is 6. The number of aliphatic hydroxyl groups is 8. The summed E-state index contributed by atoms with van der Waals surface area (Å²) in [5, 5.41) is 110. The first-order valence-corrected chi connectivity index (χ1v) is 20.6. The summed E-state index contributed by atoms with van der Waals surface area (Å²) in [6, 6.07) is 4.51. The van der Waals surface area contributed by atoms with Gasteiger partial charge in [0.15, 0.2) is 22.8 Å². The molecule has 0 bridgehead atoms. The molecule has 2 aromatic carbocycles. The normalized spacial score (nSPS) is 30.7. The van der Waals surface area contributed by atoms with Gasteiger partial charge in [0.05, 0.1) is 52.3 Å². The molecule has 8 rings (SSSR count). The summed E-state index contributed by atoms with van der Waals surface area (Å²) in [5.41, 5.74) is 1.37. The van der Waals surface area contributed by atoms with E-state index in [0.29, 0.717) is 5.56 Å². The molecular formula is C45H57Cl2N5O18. The van der Waals surface area contributed by atoms with Crippen LogP contribution in [-0.2, 0) is 40.8 Å². The van der Waals surface area contributed by atoms with Crippen LogP contribution in [-0.4, -0.2) is 178 Å². The molecule has 0 heterocycles. The molecule has 0 spiro atoms. The zero-order valence-electron chi connectivity index (χ0n) is 38.6. The van der Waals surface area contributed by atoms with E-state index in [2.05, 4.69) is 0 Å². The van der Waals surface area contributed by atoms with Crippen molar-refractivity contribution in [1.82, 2.24) is 9.80 Å². The van der Waals surface area contributed by atoms with E-state index in [4.69, 9.17) is 11.5 Å². The Morgan fingerprint density at radius 3 is 1.64 bits per heavy atom. The topological polar surface area (TPSA) is 429 Å². The summed E-state index contributed by atoms with van der Waals surface area (Å²) in [6.07, 6.45) is -1.55. The van der Waals surface area contributed by atoms with Gasteiger partial charge in [-0.3, -0.25) is 38.6 Å². The van der Waals surface area contributed by atoms with Crippen molar-refractivity contribution in [2.75, 3.05) is 47.2 Å². The average Bonchev–Trinajstić information content (AvgIpc) is 3.20. The molecule has 2 amide bonds. The number of Topliss-reactive ketones (excluding diaryl/α,β-unsaturated/α-hetero) is 4. The van der Waals surface area contributed by atoms with E-state index in [0.717, 1.165) is 5.69 Å². The number of nitrogens with zero attached hydrogens (tertiary/aromatic N) is 3. The second kappa shape index (κ2) is 19.2. The minimum atomic E-state index is -3.02. The fraction of sp³-hybridized carbons (Fsp3) is 0.422. The van der Waals surface area contributed by atoms with E-state index in [9.17, 15) is 79.8 Å². The van der Waals surface area contributed by atoms with Gasteiger partial charge in [-0.15, -0.1) is 24.8 Å². The van der Waals surface area contributed by atoms with E-state index < -0.39 is 139 Å². The summed E-state index contributed by atoms with van der Waals surface area (Å²) in [4.78, 5) is 81.9. The van der Waals surface area contributed by atoms with Crippen molar-refractivity contribution in [3.8, 4) is 11.5 Å². The highest BCUT2D eigenvalue weighted by atomic mass is 35.5. The predicted octanol–water partition coefficient (Wildman–Crippen LogP) is -2.18. The highest BCUT2D eigenvalue weighted by Gasteiger charge is 2.70. The lowest BCUT2D eigenvalue weighted by Crippen LogP contribution is -2.71. The lowest BCUT2D eigenvalue weighted by molar-refractivity contribution is -0.181. The molecule has 0 unspecified atom stereocenters.